The number of hydrogen-bond donors (Lipinski definition) is 0. The molecule has 1 aliphatic rings. The lowest BCUT2D eigenvalue weighted by molar-refractivity contribution is 0.0391. The van der Waals surface area contributed by atoms with Gasteiger partial charge >= 0.3 is 0 Å². The summed E-state index contributed by atoms with van der Waals surface area (Å²) in [5, 5.41) is 1.82. The van der Waals surface area contributed by atoms with Crippen LogP contribution in [0.3, 0.4) is 0 Å². The van der Waals surface area contributed by atoms with Crippen LogP contribution in [-0.2, 0) is 14.6 Å². The van der Waals surface area contributed by atoms with Crippen LogP contribution < -0.4 is 4.90 Å². The van der Waals surface area contributed by atoms with Crippen molar-refractivity contribution < 1.29 is 17.9 Å². The highest BCUT2D eigenvalue weighted by atomic mass is 35.5. The Morgan fingerprint density at radius 2 is 1.89 bits per heavy atom. The fraction of sp³-hybridized carbons (Fsp3) is 0.304. The first kappa shape index (κ1) is 26.3. The molecule has 0 N–H and O–H groups in total. The number of aromatic nitrogens is 1. The predicted octanol–water partition coefficient (Wildman–Crippen LogP) is 4.97. The molecule has 0 aliphatic carbocycles. The van der Waals surface area contributed by atoms with Gasteiger partial charge in [-0.25, -0.2) is 13.4 Å². The Bertz CT molecular complexity index is 1480. The molecule has 1 saturated heterocycles. The number of halogens is 2. The summed E-state index contributed by atoms with van der Waals surface area (Å²) in [5.74, 6) is -0.207. The van der Waals surface area contributed by atoms with Gasteiger partial charge in [-0.1, -0.05) is 41.1 Å². The quantitative estimate of drug-likeness (QED) is 0.325. The molecule has 3 heterocycles. The summed E-state index contributed by atoms with van der Waals surface area (Å²) in [4.78, 5) is 23.1. The number of fused-ring (bicyclic) bond motifs is 2. The number of ether oxygens (including phenoxy) is 1. The Hall–Kier alpha value is -1.79. The molecule has 1 amide bonds. The number of benzene rings is 2. The smallest absolute Gasteiger partial charge is 0.271 e. The van der Waals surface area contributed by atoms with Crippen molar-refractivity contribution >= 4 is 87.9 Å². The average molecular weight is 573 g/mol. The van der Waals surface area contributed by atoms with Crippen molar-refractivity contribution in [2.24, 2.45) is 0 Å². The Labute approximate surface area is 222 Å². The van der Waals surface area contributed by atoms with Crippen LogP contribution in [0.1, 0.15) is 9.67 Å². The number of morpholine rings is 1. The second-order valence-electron chi connectivity index (χ2n) is 8.05. The third-order valence-electron chi connectivity index (χ3n) is 5.73. The van der Waals surface area contributed by atoms with Crippen LogP contribution in [0.25, 0.3) is 20.3 Å². The van der Waals surface area contributed by atoms with E-state index in [9.17, 15) is 13.2 Å². The van der Waals surface area contributed by atoms with Gasteiger partial charge in [0.15, 0.2) is 15.0 Å². The van der Waals surface area contributed by atoms with Gasteiger partial charge in [0.25, 0.3) is 5.91 Å². The van der Waals surface area contributed by atoms with Gasteiger partial charge in [-0.15, -0.1) is 23.7 Å². The van der Waals surface area contributed by atoms with E-state index < -0.39 is 9.84 Å². The van der Waals surface area contributed by atoms with Crippen LogP contribution in [0, 0.1) is 0 Å². The molecule has 0 unspecified atom stereocenters. The van der Waals surface area contributed by atoms with E-state index in [2.05, 4.69) is 9.88 Å². The minimum Gasteiger partial charge on any atom is -0.379 e. The van der Waals surface area contributed by atoms with Crippen LogP contribution in [0.15, 0.2) is 47.4 Å². The van der Waals surface area contributed by atoms with E-state index >= 15 is 0 Å². The zero-order valence-electron chi connectivity index (χ0n) is 18.8. The lowest BCUT2D eigenvalue weighted by Gasteiger charge is -2.29. The highest BCUT2D eigenvalue weighted by Crippen LogP contribution is 2.38. The Morgan fingerprint density at radius 3 is 2.60 bits per heavy atom. The van der Waals surface area contributed by atoms with Gasteiger partial charge in [-0.3, -0.25) is 14.6 Å². The Morgan fingerprint density at radius 1 is 1.14 bits per heavy atom. The lowest BCUT2D eigenvalue weighted by Crippen LogP contribution is -2.43. The van der Waals surface area contributed by atoms with E-state index in [1.54, 1.807) is 23.1 Å². The molecule has 0 spiro atoms. The van der Waals surface area contributed by atoms with Crippen molar-refractivity contribution in [2.75, 3.05) is 50.5 Å². The predicted molar refractivity (Wildman–Crippen MR) is 146 cm³/mol. The number of rotatable bonds is 6. The number of anilines is 1. The van der Waals surface area contributed by atoms with Crippen LogP contribution >= 0.6 is 46.7 Å². The van der Waals surface area contributed by atoms with Crippen LogP contribution in [0.4, 0.5) is 5.13 Å². The molecular formula is C23H23Cl2N3O4S3. The maximum absolute atomic E-state index is 13.8. The summed E-state index contributed by atoms with van der Waals surface area (Å²) in [6, 6.07) is 12.5. The molecule has 4 aromatic rings. The molecular weight excluding hydrogens is 549 g/mol. The molecule has 0 atom stereocenters. The largest absolute Gasteiger partial charge is 0.379 e. The molecule has 0 radical (unpaired) electrons. The molecule has 186 valence electrons. The zero-order chi connectivity index (χ0) is 23.9. The first-order chi connectivity index (χ1) is 16.3. The van der Waals surface area contributed by atoms with E-state index in [0.717, 1.165) is 23.2 Å². The Balaban J connectivity index is 0.00000289. The second-order valence-corrected chi connectivity index (χ2v) is 12.5. The van der Waals surface area contributed by atoms with E-state index in [0.29, 0.717) is 51.6 Å². The molecule has 12 heteroatoms. The molecule has 1 fully saturated rings. The minimum absolute atomic E-state index is 0. The standard InChI is InChI=1S/C23H22ClN3O4S3.ClH/c1-34(29,30)15-6-7-17-19(14-15)33-23(25-17)27(9-8-26-10-12-31-13-11-26)22(28)21-20(24)16-4-2-3-5-18(16)32-21;/h2-7,14H,8-13H2,1H3;1H. The highest BCUT2D eigenvalue weighted by Gasteiger charge is 2.27. The first-order valence-corrected chi connectivity index (χ1v) is 14.6. The third kappa shape index (κ3) is 5.48. The summed E-state index contributed by atoms with van der Waals surface area (Å²) in [6.07, 6.45) is 1.18. The third-order valence-corrected chi connectivity index (χ3v) is 9.54. The SMILES string of the molecule is CS(=O)(=O)c1ccc2nc(N(CCN3CCOCC3)C(=O)c3sc4ccccc4c3Cl)sc2c1.Cl. The summed E-state index contributed by atoms with van der Waals surface area (Å²) in [5.41, 5.74) is 0.652. The van der Waals surface area contributed by atoms with Crippen LogP contribution in [0.2, 0.25) is 5.02 Å². The fourth-order valence-corrected chi connectivity index (χ4v) is 7.08. The number of thiazole rings is 1. The van der Waals surface area contributed by atoms with Gasteiger partial charge in [0.2, 0.25) is 0 Å². The number of sulfone groups is 1. The van der Waals surface area contributed by atoms with Gasteiger partial charge in [0.05, 0.1) is 33.3 Å². The molecule has 1 aliphatic heterocycles. The van der Waals surface area contributed by atoms with Gasteiger partial charge in [-0.2, -0.15) is 0 Å². The zero-order valence-corrected chi connectivity index (χ0v) is 22.8. The normalized spacial score (nSPS) is 14.8. The van der Waals surface area contributed by atoms with Crippen LogP contribution in [-0.4, -0.2) is 69.9 Å². The van der Waals surface area contributed by atoms with Gasteiger partial charge in [0, 0.05) is 42.5 Å². The van der Waals surface area contributed by atoms with Crippen LogP contribution in [0.5, 0.6) is 0 Å². The second kappa shape index (κ2) is 10.7. The molecule has 0 bridgehead atoms. The number of carbonyl (C=O) groups excluding carboxylic acids is 1. The van der Waals surface area contributed by atoms with Crippen molar-refractivity contribution in [1.29, 1.82) is 0 Å². The van der Waals surface area contributed by atoms with Crippen molar-refractivity contribution in [1.82, 2.24) is 9.88 Å². The van der Waals surface area contributed by atoms with Crippen molar-refractivity contribution in [3.63, 3.8) is 0 Å². The van der Waals surface area contributed by atoms with Gasteiger partial charge in [-0.05, 0) is 24.3 Å². The molecule has 2 aromatic heterocycles. The lowest BCUT2D eigenvalue weighted by atomic mass is 10.2. The maximum atomic E-state index is 13.8. The topological polar surface area (TPSA) is 79.8 Å². The fourth-order valence-electron chi connectivity index (χ4n) is 3.86. The molecule has 5 rings (SSSR count). The van der Waals surface area contributed by atoms with Crippen molar-refractivity contribution in [3.05, 3.63) is 52.4 Å². The van der Waals surface area contributed by atoms with E-state index in [1.807, 2.05) is 24.3 Å². The summed E-state index contributed by atoms with van der Waals surface area (Å²) in [7, 11) is -3.35. The number of thiophene rings is 1. The highest BCUT2D eigenvalue weighted by molar-refractivity contribution is 7.90. The number of amides is 1. The monoisotopic (exact) mass is 571 g/mol. The number of nitrogens with zero attached hydrogens (tertiary/aromatic N) is 3. The van der Waals surface area contributed by atoms with Gasteiger partial charge < -0.3 is 4.74 Å². The molecule has 7 nitrogen and oxygen atoms in total. The van der Waals surface area contributed by atoms with E-state index in [1.165, 1.54) is 28.9 Å². The molecule has 0 saturated carbocycles. The Kier molecular flexibility index (Phi) is 8.02. The summed E-state index contributed by atoms with van der Waals surface area (Å²) < 4.78 is 31.1. The van der Waals surface area contributed by atoms with E-state index in [-0.39, 0.29) is 23.2 Å². The first-order valence-electron chi connectivity index (χ1n) is 10.7. The number of carbonyl (C=O) groups is 1. The van der Waals surface area contributed by atoms with E-state index in [4.69, 9.17) is 16.3 Å². The minimum atomic E-state index is -3.35. The molecule has 2 aromatic carbocycles. The summed E-state index contributed by atoms with van der Waals surface area (Å²) >= 11 is 9.31. The summed E-state index contributed by atoms with van der Waals surface area (Å²) in [6.45, 7) is 4.06. The van der Waals surface area contributed by atoms with Crippen molar-refractivity contribution in [3.8, 4) is 0 Å². The molecule has 35 heavy (non-hydrogen) atoms. The maximum Gasteiger partial charge on any atom is 0.271 e. The van der Waals surface area contributed by atoms with Gasteiger partial charge in [0.1, 0.15) is 4.88 Å². The van der Waals surface area contributed by atoms with Crippen molar-refractivity contribution in [2.45, 2.75) is 4.90 Å². The number of hydrogen-bond acceptors (Lipinski definition) is 8. The average Bonchev–Trinajstić information content (AvgIpc) is 3.40.